The van der Waals surface area contributed by atoms with Crippen molar-refractivity contribution in [1.82, 2.24) is 0 Å². The van der Waals surface area contributed by atoms with E-state index in [1.54, 1.807) is 0 Å². The first-order chi connectivity index (χ1) is 9.08. The number of hydrogen-bond acceptors (Lipinski definition) is 5. The van der Waals surface area contributed by atoms with Gasteiger partial charge in [0, 0.05) is 12.2 Å². The lowest BCUT2D eigenvalue weighted by atomic mass is 10.1. The fraction of sp³-hybridized carbons (Fsp3) is 0.429. The molecular weight excluding hydrogens is 246 g/mol. The van der Waals surface area contributed by atoms with Crippen LogP contribution in [0.2, 0.25) is 0 Å². The monoisotopic (exact) mass is 265 g/mol. The fourth-order valence-corrected chi connectivity index (χ4v) is 1.73. The molecule has 0 bridgehead atoms. The van der Waals surface area contributed by atoms with E-state index in [2.05, 4.69) is 14.8 Å². The van der Waals surface area contributed by atoms with E-state index in [0.717, 1.165) is 11.3 Å². The summed E-state index contributed by atoms with van der Waals surface area (Å²) in [5.74, 6) is -2.02. The molecular formula is C14H19NO4. The first-order valence-electron chi connectivity index (χ1n) is 6.04. The van der Waals surface area contributed by atoms with Crippen LogP contribution in [0.3, 0.4) is 0 Å². The molecule has 0 unspecified atom stereocenters. The second-order valence-electron chi connectivity index (χ2n) is 4.18. The van der Waals surface area contributed by atoms with Crippen molar-refractivity contribution < 1.29 is 19.1 Å². The summed E-state index contributed by atoms with van der Waals surface area (Å²) in [6, 6.07) is 7.86. The maximum Gasteiger partial charge on any atom is 0.320 e. The van der Waals surface area contributed by atoms with Crippen LogP contribution in [-0.2, 0) is 19.1 Å². The largest absolute Gasteiger partial charge is 0.468 e. The summed E-state index contributed by atoms with van der Waals surface area (Å²) in [4.78, 5) is 22.9. The molecule has 1 aromatic carbocycles. The second kappa shape index (κ2) is 7.41. The highest BCUT2D eigenvalue weighted by Crippen LogP contribution is 2.12. The van der Waals surface area contributed by atoms with Crippen molar-refractivity contribution in [2.45, 2.75) is 13.3 Å². The van der Waals surface area contributed by atoms with Gasteiger partial charge in [0.2, 0.25) is 0 Å². The normalized spacial score (nSPS) is 10.1. The van der Waals surface area contributed by atoms with Crippen molar-refractivity contribution in [3.8, 4) is 0 Å². The summed E-state index contributed by atoms with van der Waals surface area (Å²) in [5.41, 5.74) is 2.09. The Balaban J connectivity index is 2.53. The van der Waals surface area contributed by atoms with Gasteiger partial charge < -0.3 is 14.8 Å². The van der Waals surface area contributed by atoms with E-state index in [1.807, 2.05) is 31.2 Å². The molecule has 1 N–H and O–H groups in total. The summed E-state index contributed by atoms with van der Waals surface area (Å²) in [6.07, 6.45) is 0.327. The number of carbonyl (C=O) groups is 2. The summed E-state index contributed by atoms with van der Waals surface area (Å²) in [6.45, 7) is 2.48. The van der Waals surface area contributed by atoms with Crippen LogP contribution in [0.1, 0.15) is 12.0 Å². The van der Waals surface area contributed by atoms with Crippen LogP contribution in [0.15, 0.2) is 24.3 Å². The molecule has 104 valence electrons. The molecule has 1 aromatic rings. The lowest BCUT2D eigenvalue weighted by Crippen LogP contribution is -2.28. The summed E-state index contributed by atoms with van der Waals surface area (Å²) in [7, 11) is 2.51. The Labute approximate surface area is 112 Å². The fourth-order valence-electron chi connectivity index (χ4n) is 1.73. The van der Waals surface area contributed by atoms with Crippen molar-refractivity contribution in [1.29, 1.82) is 0 Å². The minimum atomic E-state index is -0.882. The number of nitrogens with one attached hydrogen (secondary N) is 1. The third-order valence-corrected chi connectivity index (χ3v) is 2.75. The number of rotatable bonds is 6. The zero-order valence-electron chi connectivity index (χ0n) is 11.4. The highest BCUT2D eigenvalue weighted by molar-refractivity contribution is 5.94. The predicted molar refractivity (Wildman–Crippen MR) is 71.8 cm³/mol. The average Bonchev–Trinajstić information content (AvgIpc) is 2.42. The molecule has 0 saturated carbocycles. The number of ether oxygens (including phenoxy) is 2. The van der Waals surface area contributed by atoms with Gasteiger partial charge in [0.25, 0.3) is 0 Å². The molecule has 0 aliphatic rings. The van der Waals surface area contributed by atoms with Crippen LogP contribution < -0.4 is 5.32 Å². The van der Waals surface area contributed by atoms with Gasteiger partial charge in [-0.3, -0.25) is 9.59 Å². The molecule has 0 aliphatic carbocycles. The number of esters is 2. The quantitative estimate of drug-likeness (QED) is 0.627. The first kappa shape index (κ1) is 15.0. The maximum absolute atomic E-state index is 11.5. The molecule has 0 atom stereocenters. The van der Waals surface area contributed by atoms with Crippen molar-refractivity contribution in [3.63, 3.8) is 0 Å². The van der Waals surface area contributed by atoms with Crippen LogP contribution in [-0.4, -0.2) is 32.7 Å². The van der Waals surface area contributed by atoms with Gasteiger partial charge in [-0.05, 0) is 31.0 Å². The van der Waals surface area contributed by atoms with E-state index in [9.17, 15) is 9.59 Å². The Morgan fingerprint density at radius 2 is 1.84 bits per heavy atom. The molecule has 0 amide bonds. The van der Waals surface area contributed by atoms with Gasteiger partial charge in [-0.15, -0.1) is 0 Å². The summed E-state index contributed by atoms with van der Waals surface area (Å²) >= 11 is 0. The molecule has 0 saturated heterocycles. The molecule has 0 fully saturated rings. The number of hydrogen-bond donors (Lipinski definition) is 1. The van der Waals surface area contributed by atoms with Crippen molar-refractivity contribution >= 4 is 17.6 Å². The van der Waals surface area contributed by atoms with Gasteiger partial charge in [0.05, 0.1) is 14.2 Å². The van der Waals surface area contributed by atoms with E-state index >= 15 is 0 Å². The summed E-state index contributed by atoms with van der Waals surface area (Å²) < 4.78 is 9.18. The summed E-state index contributed by atoms with van der Waals surface area (Å²) in [5, 5.41) is 3.16. The van der Waals surface area contributed by atoms with E-state index in [1.165, 1.54) is 14.2 Å². The third-order valence-electron chi connectivity index (χ3n) is 2.75. The Bertz CT molecular complexity index is 429. The van der Waals surface area contributed by atoms with Gasteiger partial charge in [-0.2, -0.15) is 0 Å². The van der Waals surface area contributed by atoms with Gasteiger partial charge in [0.1, 0.15) is 0 Å². The van der Waals surface area contributed by atoms with Gasteiger partial charge in [-0.25, -0.2) is 0 Å². The highest BCUT2D eigenvalue weighted by atomic mass is 16.5. The van der Waals surface area contributed by atoms with Gasteiger partial charge in [-0.1, -0.05) is 12.1 Å². The van der Waals surface area contributed by atoms with E-state index in [4.69, 9.17) is 0 Å². The van der Waals surface area contributed by atoms with Crippen molar-refractivity contribution in [2.75, 3.05) is 26.1 Å². The lowest BCUT2D eigenvalue weighted by molar-refractivity contribution is -0.158. The number of aryl methyl sites for hydroxylation is 1. The lowest BCUT2D eigenvalue weighted by Gasteiger charge is -2.13. The molecule has 5 nitrogen and oxygen atoms in total. The van der Waals surface area contributed by atoms with Gasteiger partial charge >= 0.3 is 11.9 Å². The van der Waals surface area contributed by atoms with Crippen LogP contribution in [0.25, 0.3) is 0 Å². The molecule has 0 spiro atoms. The number of benzene rings is 1. The van der Waals surface area contributed by atoms with Crippen LogP contribution in [0.4, 0.5) is 5.69 Å². The zero-order valence-corrected chi connectivity index (χ0v) is 11.4. The SMILES string of the molecule is COC(=O)C(CCNc1cccc(C)c1)C(=O)OC. The van der Waals surface area contributed by atoms with Crippen molar-refractivity contribution in [2.24, 2.45) is 5.92 Å². The molecule has 5 heteroatoms. The van der Waals surface area contributed by atoms with E-state index in [0.29, 0.717) is 13.0 Å². The number of methoxy groups -OCH3 is 2. The second-order valence-corrected chi connectivity index (χ2v) is 4.18. The van der Waals surface area contributed by atoms with Crippen LogP contribution in [0, 0.1) is 12.8 Å². The third kappa shape index (κ3) is 4.62. The molecule has 0 heterocycles. The minimum Gasteiger partial charge on any atom is -0.468 e. The molecule has 0 aliphatic heterocycles. The van der Waals surface area contributed by atoms with Crippen LogP contribution >= 0.6 is 0 Å². The Hall–Kier alpha value is -2.04. The highest BCUT2D eigenvalue weighted by Gasteiger charge is 2.27. The van der Waals surface area contributed by atoms with Crippen molar-refractivity contribution in [3.05, 3.63) is 29.8 Å². The first-order valence-corrected chi connectivity index (χ1v) is 6.04. The smallest absolute Gasteiger partial charge is 0.320 e. The Morgan fingerprint density at radius 3 is 2.37 bits per heavy atom. The van der Waals surface area contributed by atoms with Gasteiger partial charge in [0.15, 0.2) is 5.92 Å². The average molecular weight is 265 g/mol. The van der Waals surface area contributed by atoms with E-state index in [-0.39, 0.29) is 0 Å². The Kier molecular flexibility index (Phi) is 5.85. The van der Waals surface area contributed by atoms with E-state index < -0.39 is 17.9 Å². The zero-order chi connectivity index (χ0) is 14.3. The maximum atomic E-state index is 11.5. The molecule has 19 heavy (non-hydrogen) atoms. The minimum absolute atomic E-state index is 0.327. The Morgan fingerprint density at radius 1 is 1.21 bits per heavy atom. The standard InChI is InChI=1S/C14H19NO4/c1-10-5-4-6-11(9-10)15-8-7-12(13(16)18-2)14(17)19-3/h4-6,9,12,15H,7-8H2,1-3H3. The molecule has 0 radical (unpaired) electrons. The predicted octanol–water partition coefficient (Wildman–Crippen LogP) is 1.76. The molecule has 0 aromatic heterocycles. The number of anilines is 1. The van der Waals surface area contributed by atoms with Crippen LogP contribution in [0.5, 0.6) is 0 Å². The topological polar surface area (TPSA) is 64.6 Å². The number of carbonyl (C=O) groups excluding carboxylic acids is 2. The molecule has 1 rings (SSSR count).